The molecule has 104 valence electrons. The lowest BCUT2D eigenvalue weighted by molar-refractivity contribution is 0.0697. The summed E-state index contributed by atoms with van der Waals surface area (Å²) in [7, 11) is 0. The Kier molecular flexibility index (Phi) is 4.04. The molecule has 1 heterocycles. The van der Waals surface area contributed by atoms with Crippen LogP contribution in [0.1, 0.15) is 21.6 Å². The quantitative estimate of drug-likeness (QED) is 0.886. The second-order valence-corrected chi connectivity index (χ2v) is 5.24. The van der Waals surface area contributed by atoms with Crippen molar-refractivity contribution >= 4 is 33.3 Å². The zero-order valence-electron chi connectivity index (χ0n) is 10.9. The predicted octanol–water partition coefficient (Wildman–Crippen LogP) is 4.04. The van der Waals surface area contributed by atoms with Crippen molar-refractivity contribution in [2.24, 2.45) is 0 Å². The van der Waals surface area contributed by atoms with Crippen molar-refractivity contribution in [1.29, 1.82) is 0 Å². The SMILES string of the molecule is Cc1cc(Nc2cc(Br)c(F)cc2C)c(C(=O)O)cn1. The Morgan fingerprint density at radius 1 is 1.30 bits per heavy atom. The van der Waals surface area contributed by atoms with E-state index in [1.807, 2.05) is 0 Å². The molecule has 0 saturated carbocycles. The van der Waals surface area contributed by atoms with E-state index in [-0.39, 0.29) is 11.4 Å². The molecule has 0 saturated heterocycles. The van der Waals surface area contributed by atoms with Crippen molar-refractivity contribution < 1.29 is 14.3 Å². The van der Waals surface area contributed by atoms with Crippen molar-refractivity contribution in [3.05, 3.63) is 51.5 Å². The summed E-state index contributed by atoms with van der Waals surface area (Å²) in [6.45, 7) is 3.51. The van der Waals surface area contributed by atoms with E-state index in [1.54, 1.807) is 26.0 Å². The molecular weight excluding hydrogens is 327 g/mol. The van der Waals surface area contributed by atoms with Gasteiger partial charge in [0.1, 0.15) is 11.4 Å². The van der Waals surface area contributed by atoms with E-state index in [2.05, 4.69) is 26.2 Å². The predicted molar refractivity (Wildman–Crippen MR) is 78.1 cm³/mol. The van der Waals surface area contributed by atoms with Gasteiger partial charge in [-0.15, -0.1) is 0 Å². The lowest BCUT2D eigenvalue weighted by Gasteiger charge is -2.13. The Morgan fingerprint density at radius 2 is 2.00 bits per heavy atom. The zero-order valence-corrected chi connectivity index (χ0v) is 12.5. The maximum absolute atomic E-state index is 13.4. The fourth-order valence-corrected chi connectivity index (χ4v) is 2.10. The van der Waals surface area contributed by atoms with E-state index < -0.39 is 5.97 Å². The molecule has 0 spiro atoms. The molecular formula is C14H12BrFN2O2. The van der Waals surface area contributed by atoms with Crippen LogP contribution in [0.2, 0.25) is 0 Å². The maximum Gasteiger partial charge on any atom is 0.339 e. The molecule has 20 heavy (non-hydrogen) atoms. The molecule has 2 aromatic rings. The molecule has 6 heteroatoms. The summed E-state index contributed by atoms with van der Waals surface area (Å²) in [5, 5.41) is 12.2. The third-order valence-electron chi connectivity index (χ3n) is 2.81. The van der Waals surface area contributed by atoms with Gasteiger partial charge in [-0.1, -0.05) is 0 Å². The van der Waals surface area contributed by atoms with Crippen molar-refractivity contribution in [3.8, 4) is 0 Å². The maximum atomic E-state index is 13.4. The highest BCUT2D eigenvalue weighted by atomic mass is 79.9. The third kappa shape index (κ3) is 2.96. The highest BCUT2D eigenvalue weighted by Crippen LogP contribution is 2.28. The number of hydrogen-bond donors (Lipinski definition) is 2. The molecule has 0 aliphatic heterocycles. The summed E-state index contributed by atoms with van der Waals surface area (Å²) < 4.78 is 13.7. The van der Waals surface area contributed by atoms with Gasteiger partial charge in [-0.25, -0.2) is 9.18 Å². The minimum absolute atomic E-state index is 0.0652. The van der Waals surface area contributed by atoms with Crippen LogP contribution in [-0.4, -0.2) is 16.1 Å². The van der Waals surface area contributed by atoms with E-state index in [9.17, 15) is 9.18 Å². The first-order valence-corrected chi connectivity index (χ1v) is 6.60. The first kappa shape index (κ1) is 14.5. The number of nitrogens with zero attached hydrogens (tertiary/aromatic N) is 1. The second-order valence-electron chi connectivity index (χ2n) is 4.38. The topological polar surface area (TPSA) is 62.2 Å². The summed E-state index contributed by atoms with van der Waals surface area (Å²) >= 11 is 3.11. The molecule has 0 bridgehead atoms. The van der Waals surface area contributed by atoms with Crippen molar-refractivity contribution in [3.63, 3.8) is 0 Å². The standard InChI is InChI=1S/C14H12BrFN2O2/c1-7-3-11(16)10(15)5-12(7)18-13-4-8(2)17-6-9(13)14(19)20/h3-6H,1-2H3,(H,17,18)(H,19,20). The Labute approximate surface area is 123 Å². The van der Waals surface area contributed by atoms with Crippen LogP contribution < -0.4 is 5.32 Å². The van der Waals surface area contributed by atoms with Gasteiger partial charge in [-0.3, -0.25) is 4.98 Å². The van der Waals surface area contributed by atoms with Gasteiger partial charge in [0.25, 0.3) is 0 Å². The number of carboxylic acids is 1. The first-order chi connectivity index (χ1) is 9.38. The summed E-state index contributed by atoms with van der Waals surface area (Å²) in [5.74, 6) is -1.43. The number of aromatic nitrogens is 1. The molecule has 0 aliphatic rings. The fourth-order valence-electron chi connectivity index (χ4n) is 1.76. The number of pyridine rings is 1. The van der Waals surface area contributed by atoms with E-state index in [0.717, 1.165) is 0 Å². The minimum Gasteiger partial charge on any atom is -0.478 e. The van der Waals surface area contributed by atoms with Gasteiger partial charge in [-0.05, 0) is 53.5 Å². The molecule has 0 amide bonds. The highest BCUT2D eigenvalue weighted by molar-refractivity contribution is 9.10. The third-order valence-corrected chi connectivity index (χ3v) is 3.42. The number of halogens is 2. The Morgan fingerprint density at radius 3 is 2.65 bits per heavy atom. The molecule has 0 aliphatic carbocycles. The van der Waals surface area contributed by atoms with E-state index in [0.29, 0.717) is 27.1 Å². The number of benzene rings is 1. The monoisotopic (exact) mass is 338 g/mol. The van der Waals surface area contributed by atoms with Gasteiger partial charge in [0.15, 0.2) is 0 Å². The normalized spacial score (nSPS) is 10.4. The van der Waals surface area contributed by atoms with Gasteiger partial charge >= 0.3 is 5.97 Å². The summed E-state index contributed by atoms with van der Waals surface area (Å²) in [4.78, 5) is 15.1. The molecule has 4 nitrogen and oxygen atoms in total. The molecule has 0 fully saturated rings. The molecule has 0 unspecified atom stereocenters. The molecule has 2 N–H and O–H groups in total. The minimum atomic E-state index is -1.07. The van der Waals surface area contributed by atoms with Gasteiger partial charge < -0.3 is 10.4 Å². The molecule has 1 aromatic carbocycles. The Hall–Kier alpha value is -1.95. The summed E-state index contributed by atoms with van der Waals surface area (Å²) in [5.41, 5.74) is 2.49. The number of carboxylic acid groups (broad SMARTS) is 1. The molecule has 0 radical (unpaired) electrons. The van der Waals surface area contributed by atoms with Crippen LogP contribution >= 0.6 is 15.9 Å². The number of aryl methyl sites for hydroxylation is 2. The van der Waals surface area contributed by atoms with Gasteiger partial charge in [0.05, 0.1) is 10.2 Å². The van der Waals surface area contributed by atoms with E-state index >= 15 is 0 Å². The largest absolute Gasteiger partial charge is 0.478 e. The van der Waals surface area contributed by atoms with Crippen LogP contribution in [0.4, 0.5) is 15.8 Å². The number of nitrogens with one attached hydrogen (secondary N) is 1. The highest BCUT2D eigenvalue weighted by Gasteiger charge is 2.13. The number of rotatable bonds is 3. The lowest BCUT2D eigenvalue weighted by Crippen LogP contribution is -2.05. The fraction of sp³-hybridized carbons (Fsp3) is 0.143. The average molecular weight is 339 g/mol. The van der Waals surface area contributed by atoms with Crippen molar-refractivity contribution in [2.75, 3.05) is 5.32 Å². The molecule has 1 aromatic heterocycles. The number of hydrogen-bond acceptors (Lipinski definition) is 3. The van der Waals surface area contributed by atoms with Gasteiger partial charge in [0.2, 0.25) is 0 Å². The number of carbonyl (C=O) groups is 1. The lowest BCUT2D eigenvalue weighted by atomic mass is 10.1. The molecule has 2 rings (SSSR count). The van der Waals surface area contributed by atoms with Gasteiger partial charge in [0, 0.05) is 17.6 Å². The second kappa shape index (κ2) is 5.58. The van der Waals surface area contributed by atoms with E-state index in [4.69, 9.17) is 5.11 Å². The van der Waals surface area contributed by atoms with Crippen LogP contribution in [0, 0.1) is 19.7 Å². The Balaban J connectivity index is 2.47. The first-order valence-electron chi connectivity index (χ1n) is 5.81. The number of aromatic carboxylic acids is 1. The van der Waals surface area contributed by atoms with Crippen LogP contribution in [-0.2, 0) is 0 Å². The average Bonchev–Trinajstić information content (AvgIpc) is 2.35. The van der Waals surface area contributed by atoms with E-state index in [1.165, 1.54) is 12.3 Å². The van der Waals surface area contributed by atoms with Crippen LogP contribution in [0.25, 0.3) is 0 Å². The Bertz CT molecular complexity index is 689. The molecule has 0 atom stereocenters. The summed E-state index contributed by atoms with van der Waals surface area (Å²) in [6, 6.07) is 4.59. The smallest absolute Gasteiger partial charge is 0.339 e. The summed E-state index contributed by atoms with van der Waals surface area (Å²) in [6.07, 6.45) is 1.30. The zero-order chi connectivity index (χ0) is 14.9. The van der Waals surface area contributed by atoms with Gasteiger partial charge in [-0.2, -0.15) is 0 Å². The van der Waals surface area contributed by atoms with Crippen LogP contribution in [0.5, 0.6) is 0 Å². The van der Waals surface area contributed by atoms with Crippen molar-refractivity contribution in [2.45, 2.75) is 13.8 Å². The number of anilines is 2. The van der Waals surface area contributed by atoms with Crippen molar-refractivity contribution in [1.82, 2.24) is 4.98 Å². The van der Waals surface area contributed by atoms with Crippen LogP contribution in [0.3, 0.4) is 0 Å². The van der Waals surface area contributed by atoms with Crippen LogP contribution in [0.15, 0.2) is 28.9 Å².